The number of likely N-dealkylation sites (tertiary alicyclic amines) is 1. The number of imidazole rings is 1. The Morgan fingerprint density at radius 3 is 2.95 bits per heavy atom. The fourth-order valence-electron chi connectivity index (χ4n) is 2.68. The van der Waals surface area contributed by atoms with Crippen LogP contribution in [-0.2, 0) is 0 Å². The van der Waals surface area contributed by atoms with Gasteiger partial charge in [0.05, 0.1) is 11.0 Å². The van der Waals surface area contributed by atoms with Gasteiger partial charge in [-0.25, -0.2) is 4.98 Å². The molecule has 20 heavy (non-hydrogen) atoms. The number of fused-ring (bicyclic) bond motifs is 1. The molecule has 6 nitrogen and oxygen atoms in total. The van der Waals surface area contributed by atoms with Crippen LogP contribution in [0.4, 0.5) is 5.95 Å². The molecular weight excluding hydrogens is 252 g/mol. The normalized spacial score (nSPS) is 15.8. The fraction of sp³-hybridized carbons (Fsp3) is 0.429. The highest BCUT2D eigenvalue weighted by Gasteiger charge is 2.11. The molecule has 0 atom stereocenters. The molecule has 0 spiro atoms. The Morgan fingerprint density at radius 2 is 2.20 bits per heavy atom. The van der Waals surface area contributed by atoms with E-state index < -0.39 is 0 Å². The largest absolute Gasteiger partial charge is 0.384 e. The van der Waals surface area contributed by atoms with Crippen molar-refractivity contribution in [1.82, 2.24) is 14.9 Å². The van der Waals surface area contributed by atoms with Gasteiger partial charge in [-0.05, 0) is 38.1 Å². The van der Waals surface area contributed by atoms with Crippen molar-refractivity contribution in [2.45, 2.75) is 12.8 Å². The lowest BCUT2D eigenvalue weighted by Crippen LogP contribution is -2.26. The molecule has 3 rings (SSSR count). The first-order valence-corrected chi connectivity index (χ1v) is 7.03. The lowest BCUT2D eigenvalue weighted by Gasteiger charge is -2.14. The number of nitrogens with zero attached hydrogens (tertiary/aromatic N) is 2. The summed E-state index contributed by atoms with van der Waals surface area (Å²) < 4.78 is 0. The molecule has 1 aromatic carbocycles. The molecule has 0 unspecified atom stereocenters. The van der Waals surface area contributed by atoms with Gasteiger partial charge in [0.2, 0.25) is 5.95 Å². The molecule has 6 heteroatoms. The van der Waals surface area contributed by atoms with Crippen molar-refractivity contribution in [3.05, 3.63) is 23.8 Å². The third-order valence-electron chi connectivity index (χ3n) is 3.73. The number of nitrogens with two attached hydrogens (primary N) is 1. The number of nitrogen functional groups attached to an aromatic ring is 1. The summed E-state index contributed by atoms with van der Waals surface area (Å²) in [5.41, 5.74) is 7.93. The number of aromatic amines is 1. The second-order valence-electron chi connectivity index (χ2n) is 5.17. The van der Waals surface area contributed by atoms with Crippen molar-refractivity contribution in [2.24, 2.45) is 5.73 Å². The van der Waals surface area contributed by atoms with Gasteiger partial charge in [-0.3, -0.25) is 5.41 Å². The minimum atomic E-state index is 0.0582. The van der Waals surface area contributed by atoms with Crippen LogP contribution < -0.4 is 11.1 Å². The predicted molar refractivity (Wildman–Crippen MR) is 81.3 cm³/mol. The van der Waals surface area contributed by atoms with Crippen LogP contribution in [0.2, 0.25) is 0 Å². The van der Waals surface area contributed by atoms with Crippen LogP contribution in [0.25, 0.3) is 11.0 Å². The van der Waals surface area contributed by atoms with Crippen LogP contribution in [0.5, 0.6) is 0 Å². The molecule has 5 N–H and O–H groups in total. The van der Waals surface area contributed by atoms with Gasteiger partial charge in [0.15, 0.2) is 0 Å². The van der Waals surface area contributed by atoms with Gasteiger partial charge >= 0.3 is 0 Å². The summed E-state index contributed by atoms with van der Waals surface area (Å²) in [5, 5.41) is 10.9. The molecule has 1 aliphatic heterocycles. The molecule has 1 aromatic heterocycles. The summed E-state index contributed by atoms with van der Waals surface area (Å²) in [7, 11) is 0. The van der Waals surface area contributed by atoms with Gasteiger partial charge in [0, 0.05) is 18.7 Å². The van der Waals surface area contributed by atoms with E-state index in [0.717, 1.165) is 30.1 Å². The average Bonchev–Trinajstić information content (AvgIpc) is 3.06. The van der Waals surface area contributed by atoms with E-state index in [1.54, 1.807) is 0 Å². The van der Waals surface area contributed by atoms with Crippen LogP contribution in [0.15, 0.2) is 18.2 Å². The van der Waals surface area contributed by atoms with Gasteiger partial charge < -0.3 is 20.9 Å². The Hall–Kier alpha value is -2.08. The maximum Gasteiger partial charge on any atom is 0.201 e. The van der Waals surface area contributed by atoms with E-state index in [4.69, 9.17) is 11.1 Å². The Balaban J connectivity index is 1.69. The van der Waals surface area contributed by atoms with E-state index in [-0.39, 0.29) is 5.84 Å². The molecule has 0 bridgehead atoms. The number of H-pyrrole nitrogens is 1. The van der Waals surface area contributed by atoms with Gasteiger partial charge in [-0.15, -0.1) is 0 Å². The van der Waals surface area contributed by atoms with Crippen molar-refractivity contribution in [3.63, 3.8) is 0 Å². The first kappa shape index (κ1) is 12.9. The number of hydrogen-bond acceptors (Lipinski definition) is 4. The third kappa shape index (κ3) is 2.60. The number of anilines is 1. The summed E-state index contributed by atoms with van der Waals surface area (Å²) in [6.07, 6.45) is 2.62. The number of aromatic nitrogens is 2. The summed E-state index contributed by atoms with van der Waals surface area (Å²) in [4.78, 5) is 10.1. The number of para-hydroxylation sites is 1. The minimum absolute atomic E-state index is 0.0582. The molecular formula is C14H20N6. The number of amidine groups is 1. The lowest BCUT2D eigenvalue weighted by molar-refractivity contribution is 0.352. The van der Waals surface area contributed by atoms with Crippen molar-refractivity contribution >= 4 is 22.8 Å². The van der Waals surface area contributed by atoms with Crippen molar-refractivity contribution in [1.29, 1.82) is 5.41 Å². The van der Waals surface area contributed by atoms with Gasteiger partial charge in [0.1, 0.15) is 5.84 Å². The van der Waals surface area contributed by atoms with E-state index >= 15 is 0 Å². The number of hydrogen-bond donors (Lipinski definition) is 4. The summed E-state index contributed by atoms with van der Waals surface area (Å²) in [5.74, 6) is 0.802. The van der Waals surface area contributed by atoms with Crippen molar-refractivity contribution in [2.75, 3.05) is 31.5 Å². The predicted octanol–water partition coefficient (Wildman–Crippen LogP) is 1.35. The SMILES string of the molecule is N=C(N)c1cccc2nc(NCCN3CCCC3)[nH]c12. The Labute approximate surface area is 117 Å². The van der Waals surface area contributed by atoms with Crippen LogP contribution >= 0.6 is 0 Å². The number of rotatable bonds is 5. The van der Waals surface area contributed by atoms with Crippen molar-refractivity contribution < 1.29 is 0 Å². The van der Waals surface area contributed by atoms with E-state index in [9.17, 15) is 0 Å². The molecule has 0 radical (unpaired) electrons. The highest BCUT2D eigenvalue weighted by atomic mass is 15.2. The van der Waals surface area contributed by atoms with E-state index in [2.05, 4.69) is 20.2 Å². The zero-order valence-corrected chi connectivity index (χ0v) is 11.4. The summed E-state index contributed by atoms with van der Waals surface area (Å²) >= 11 is 0. The topological polar surface area (TPSA) is 93.8 Å². The Bertz CT molecular complexity index is 611. The quantitative estimate of drug-likeness (QED) is 0.488. The van der Waals surface area contributed by atoms with Crippen LogP contribution in [0.3, 0.4) is 0 Å². The second-order valence-corrected chi connectivity index (χ2v) is 5.17. The number of benzene rings is 1. The maximum atomic E-state index is 7.58. The van der Waals surface area contributed by atoms with Crippen molar-refractivity contribution in [3.8, 4) is 0 Å². The van der Waals surface area contributed by atoms with Gasteiger partial charge in [0.25, 0.3) is 0 Å². The molecule has 106 valence electrons. The van der Waals surface area contributed by atoms with Crippen LogP contribution in [-0.4, -0.2) is 46.9 Å². The monoisotopic (exact) mass is 272 g/mol. The molecule has 1 fully saturated rings. The van der Waals surface area contributed by atoms with Gasteiger partial charge in [-0.2, -0.15) is 0 Å². The lowest BCUT2D eigenvalue weighted by atomic mass is 10.2. The third-order valence-corrected chi connectivity index (χ3v) is 3.73. The highest BCUT2D eigenvalue weighted by Crippen LogP contribution is 2.18. The first-order valence-electron chi connectivity index (χ1n) is 7.03. The highest BCUT2D eigenvalue weighted by molar-refractivity contribution is 6.05. The maximum absolute atomic E-state index is 7.58. The van der Waals surface area contributed by atoms with E-state index in [1.165, 1.54) is 25.9 Å². The second kappa shape index (κ2) is 5.50. The Morgan fingerprint density at radius 1 is 1.40 bits per heavy atom. The molecule has 0 saturated carbocycles. The number of nitrogens with one attached hydrogen (secondary N) is 3. The van der Waals surface area contributed by atoms with Crippen LogP contribution in [0, 0.1) is 5.41 Å². The zero-order valence-electron chi connectivity index (χ0n) is 11.4. The fourth-order valence-corrected chi connectivity index (χ4v) is 2.68. The average molecular weight is 272 g/mol. The summed E-state index contributed by atoms with van der Waals surface area (Å²) in [6.45, 7) is 4.32. The van der Waals surface area contributed by atoms with E-state index in [0.29, 0.717) is 5.56 Å². The molecule has 2 aromatic rings. The minimum Gasteiger partial charge on any atom is -0.384 e. The van der Waals surface area contributed by atoms with E-state index in [1.807, 2.05) is 18.2 Å². The molecule has 0 aliphatic carbocycles. The molecule has 2 heterocycles. The van der Waals surface area contributed by atoms with Crippen LogP contribution in [0.1, 0.15) is 18.4 Å². The Kier molecular flexibility index (Phi) is 3.56. The first-order chi connectivity index (χ1) is 9.74. The summed E-state index contributed by atoms with van der Waals surface area (Å²) in [6, 6.07) is 5.62. The molecule has 1 aliphatic rings. The van der Waals surface area contributed by atoms with Gasteiger partial charge in [-0.1, -0.05) is 6.07 Å². The zero-order chi connectivity index (χ0) is 13.9. The standard InChI is InChI=1S/C14H20N6/c15-13(16)10-4-3-5-11-12(10)19-14(18-11)17-6-9-20-7-1-2-8-20/h3-5H,1-2,6-9H2,(H3,15,16)(H2,17,18,19). The smallest absolute Gasteiger partial charge is 0.201 e. The molecule has 1 saturated heterocycles. The molecule has 0 amide bonds.